The molecule has 4 nitrogen and oxygen atoms in total. The normalized spacial score (nSPS) is 25.4. The predicted molar refractivity (Wildman–Crippen MR) is 78.9 cm³/mol. The first-order valence-corrected chi connectivity index (χ1v) is 7.22. The van der Waals surface area contributed by atoms with Crippen molar-refractivity contribution in [1.82, 2.24) is 4.90 Å². The Labute approximate surface area is 121 Å². The van der Waals surface area contributed by atoms with Crippen LogP contribution in [0.1, 0.15) is 38.0 Å². The molecule has 1 aromatic carbocycles. The van der Waals surface area contributed by atoms with E-state index in [-0.39, 0.29) is 12.2 Å². The number of nitrogens with zero attached hydrogens (tertiary/aromatic N) is 1. The number of ether oxygens (including phenoxy) is 2. The summed E-state index contributed by atoms with van der Waals surface area (Å²) in [5.41, 5.74) is 2.04. The van der Waals surface area contributed by atoms with Gasteiger partial charge in [-0.1, -0.05) is 6.07 Å². The Morgan fingerprint density at radius 2 is 2.00 bits per heavy atom. The highest BCUT2D eigenvalue weighted by molar-refractivity contribution is 5.38. The Bertz CT molecular complexity index is 437. The molecule has 1 aliphatic rings. The second-order valence-electron chi connectivity index (χ2n) is 5.70. The largest absolute Gasteiger partial charge is 0.496 e. The molecule has 1 N–H and O–H groups in total. The van der Waals surface area contributed by atoms with Crippen molar-refractivity contribution in [3.8, 4) is 5.75 Å². The standard InChI is InChI=1S/C16H25NO3/c1-11-8-17(9-12(2)20-11)10-15-7-14(13(3)18)5-6-16(15)19-4/h5-7,11-13,18H,8-10H2,1-4H3. The van der Waals surface area contributed by atoms with Gasteiger partial charge in [-0.2, -0.15) is 0 Å². The van der Waals surface area contributed by atoms with Gasteiger partial charge in [0.2, 0.25) is 0 Å². The number of benzene rings is 1. The number of aliphatic hydroxyl groups is 1. The lowest BCUT2D eigenvalue weighted by atomic mass is 10.0. The van der Waals surface area contributed by atoms with Gasteiger partial charge in [0, 0.05) is 25.2 Å². The van der Waals surface area contributed by atoms with E-state index in [1.807, 2.05) is 18.2 Å². The Hall–Kier alpha value is -1.10. The summed E-state index contributed by atoms with van der Waals surface area (Å²) in [6.45, 7) is 8.66. The van der Waals surface area contributed by atoms with Crippen LogP contribution in [0.4, 0.5) is 0 Å². The zero-order valence-electron chi connectivity index (χ0n) is 12.8. The van der Waals surface area contributed by atoms with Crippen molar-refractivity contribution >= 4 is 0 Å². The molecule has 0 aliphatic carbocycles. The van der Waals surface area contributed by atoms with Crippen LogP contribution in [0.2, 0.25) is 0 Å². The monoisotopic (exact) mass is 279 g/mol. The van der Waals surface area contributed by atoms with E-state index in [0.717, 1.165) is 36.5 Å². The van der Waals surface area contributed by atoms with Gasteiger partial charge < -0.3 is 14.6 Å². The van der Waals surface area contributed by atoms with E-state index in [1.165, 1.54) is 0 Å². The lowest BCUT2D eigenvalue weighted by Gasteiger charge is -2.35. The Kier molecular flexibility index (Phi) is 5.02. The zero-order valence-corrected chi connectivity index (χ0v) is 12.8. The highest BCUT2D eigenvalue weighted by atomic mass is 16.5. The second-order valence-corrected chi connectivity index (χ2v) is 5.70. The highest BCUT2D eigenvalue weighted by Gasteiger charge is 2.23. The Morgan fingerprint density at radius 1 is 1.35 bits per heavy atom. The topological polar surface area (TPSA) is 41.9 Å². The van der Waals surface area contributed by atoms with Crippen molar-refractivity contribution in [1.29, 1.82) is 0 Å². The third kappa shape index (κ3) is 3.72. The van der Waals surface area contributed by atoms with Crippen LogP contribution in [0.5, 0.6) is 5.75 Å². The lowest BCUT2D eigenvalue weighted by Crippen LogP contribution is -2.44. The fraction of sp³-hybridized carbons (Fsp3) is 0.625. The molecular weight excluding hydrogens is 254 g/mol. The van der Waals surface area contributed by atoms with Gasteiger partial charge in [-0.15, -0.1) is 0 Å². The molecular formula is C16H25NO3. The third-order valence-electron chi connectivity index (χ3n) is 3.68. The SMILES string of the molecule is COc1ccc(C(C)O)cc1CN1CC(C)OC(C)C1. The number of rotatable bonds is 4. The minimum absolute atomic E-state index is 0.254. The van der Waals surface area contributed by atoms with Crippen molar-refractivity contribution in [2.24, 2.45) is 0 Å². The van der Waals surface area contributed by atoms with E-state index in [4.69, 9.17) is 9.47 Å². The van der Waals surface area contributed by atoms with Crippen LogP contribution in [-0.4, -0.2) is 42.4 Å². The highest BCUT2D eigenvalue weighted by Crippen LogP contribution is 2.25. The summed E-state index contributed by atoms with van der Waals surface area (Å²) in [5.74, 6) is 0.876. The van der Waals surface area contributed by atoms with Crippen LogP contribution in [0, 0.1) is 0 Å². The van der Waals surface area contributed by atoms with Crippen LogP contribution < -0.4 is 4.74 Å². The molecule has 1 fully saturated rings. The van der Waals surface area contributed by atoms with E-state index >= 15 is 0 Å². The average Bonchev–Trinajstić information content (AvgIpc) is 2.37. The van der Waals surface area contributed by atoms with E-state index in [9.17, 15) is 5.11 Å². The molecule has 0 spiro atoms. The molecule has 3 atom stereocenters. The van der Waals surface area contributed by atoms with E-state index in [2.05, 4.69) is 18.7 Å². The molecule has 1 saturated heterocycles. The maximum Gasteiger partial charge on any atom is 0.123 e. The Morgan fingerprint density at radius 3 is 2.55 bits per heavy atom. The van der Waals surface area contributed by atoms with Gasteiger partial charge in [0.15, 0.2) is 0 Å². The fourth-order valence-electron chi connectivity index (χ4n) is 2.84. The second kappa shape index (κ2) is 6.57. The summed E-state index contributed by atoms with van der Waals surface area (Å²) in [5, 5.41) is 9.73. The summed E-state index contributed by atoms with van der Waals surface area (Å²) in [4.78, 5) is 2.38. The number of methoxy groups -OCH3 is 1. The number of aliphatic hydroxyl groups excluding tert-OH is 1. The quantitative estimate of drug-likeness (QED) is 0.918. The maximum atomic E-state index is 9.73. The van der Waals surface area contributed by atoms with Gasteiger partial charge in [0.25, 0.3) is 0 Å². The molecule has 3 unspecified atom stereocenters. The first kappa shape index (κ1) is 15.3. The van der Waals surface area contributed by atoms with Crippen LogP contribution in [0.3, 0.4) is 0 Å². The van der Waals surface area contributed by atoms with Crippen LogP contribution >= 0.6 is 0 Å². The predicted octanol–water partition coefficient (Wildman–Crippen LogP) is 2.36. The number of hydrogen-bond donors (Lipinski definition) is 1. The number of morpholine rings is 1. The van der Waals surface area contributed by atoms with Crippen molar-refractivity contribution < 1.29 is 14.6 Å². The van der Waals surface area contributed by atoms with Crippen molar-refractivity contribution in [3.05, 3.63) is 29.3 Å². The molecule has 1 heterocycles. The molecule has 1 aromatic rings. The van der Waals surface area contributed by atoms with Gasteiger partial charge in [0.05, 0.1) is 25.4 Å². The van der Waals surface area contributed by atoms with E-state index < -0.39 is 6.10 Å². The summed E-state index contributed by atoms with van der Waals surface area (Å²) in [6, 6.07) is 5.89. The summed E-state index contributed by atoms with van der Waals surface area (Å²) in [6.07, 6.45) is 0.0524. The molecule has 20 heavy (non-hydrogen) atoms. The molecule has 0 bridgehead atoms. The van der Waals surface area contributed by atoms with Gasteiger partial charge >= 0.3 is 0 Å². The Balaban J connectivity index is 2.16. The smallest absolute Gasteiger partial charge is 0.123 e. The fourth-order valence-corrected chi connectivity index (χ4v) is 2.84. The van der Waals surface area contributed by atoms with Crippen LogP contribution in [0.25, 0.3) is 0 Å². The van der Waals surface area contributed by atoms with Crippen molar-refractivity contribution in [2.45, 2.75) is 45.6 Å². The molecule has 0 radical (unpaired) electrons. The zero-order chi connectivity index (χ0) is 14.7. The van der Waals surface area contributed by atoms with Gasteiger partial charge in [0.1, 0.15) is 5.75 Å². The summed E-state index contributed by atoms with van der Waals surface area (Å²) in [7, 11) is 1.69. The van der Waals surface area contributed by atoms with Gasteiger partial charge in [-0.3, -0.25) is 4.90 Å². The van der Waals surface area contributed by atoms with Crippen molar-refractivity contribution in [3.63, 3.8) is 0 Å². The van der Waals surface area contributed by atoms with Crippen molar-refractivity contribution in [2.75, 3.05) is 20.2 Å². The molecule has 0 saturated carbocycles. The molecule has 1 aliphatic heterocycles. The maximum absolute atomic E-state index is 9.73. The minimum Gasteiger partial charge on any atom is -0.496 e. The van der Waals surface area contributed by atoms with E-state index in [1.54, 1.807) is 14.0 Å². The molecule has 0 aromatic heterocycles. The lowest BCUT2D eigenvalue weighted by molar-refractivity contribution is -0.0706. The number of hydrogen-bond acceptors (Lipinski definition) is 4. The van der Waals surface area contributed by atoms with Gasteiger partial charge in [-0.25, -0.2) is 0 Å². The third-order valence-corrected chi connectivity index (χ3v) is 3.68. The molecule has 2 rings (SSSR count). The molecule has 112 valence electrons. The van der Waals surface area contributed by atoms with Gasteiger partial charge in [-0.05, 0) is 38.5 Å². The summed E-state index contributed by atoms with van der Waals surface area (Å²) >= 11 is 0. The van der Waals surface area contributed by atoms with Crippen LogP contribution in [0.15, 0.2) is 18.2 Å². The van der Waals surface area contributed by atoms with E-state index in [0.29, 0.717) is 0 Å². The molecule has 0 amide bonds. The minimum atomic E-state index is -0.456. The molecule has 4 heteroatoms. The van der Waals surface area contributed by atoms with Crippen LogP contribution in [-0.2, 0) is 11.3 Å². The first-order valence-electron chi connectivity index (χ1n) is 7.22. The first-order chi connectivity index (χ1) is 9.49. The summed E-state index contributed by atoms with van der Waals surface area (Å²) < 4.78 is 11.2. The average molecular weight is 279 g/mol.